The third-order valence-electron chi connectivity index (χ3n) is 3.06. The van der Waals surface area contributed by atoms with Gasteiger partial charge in [-0.2, -0.15) is 0 Å². The molecule has 0 atom stereocenters. The minimum Gasteiger partial charge on any atom is -0.489 e. The Morgan fingerprint density at radius 2 is 1.90 bits per heavy atom. The zero-order valence-electron chi connectivity index (χ0n) is 10.4. The SMILES string of the molecule is O=C1COc2cc(OCc3c(Cl)cccc3Cl)ccc21. The van der Waals surface area contributed by atoms with E-state index in [1.807, 2.05) is 0 Å². The smallest absolute Gasteiger partial charge is 0.203 e. The molecule has 0 aliphatic carbocycles. The summed E-state index contributed by atoms with van der Waals surface area (Å²) in [6.45, 7) is 0.348. The summed E-state index contributed by atoms with van der Waals surface area (Å²) in [4.78, 5) is 11.4. The molecule has 0 aromatic heterocycles. The first-order valence-corrected chi connectivity index (χ1v) is 6.76. The molecular weight excluding hydrogens is 299 g/mol. The summed E-state index contributed by atoms with van der Waals surface area (Å²) in [6.07, 6.45) is 0. The summed E-state index contributed by atoms with van der Waals surface area (Å²) >= 11 is 12.1. The minimum atomic E-state index is -0.0132. The van der Waals surface area contributed by atoms with Gasteiger partial charge in [0.15, 0.2) is 6.61 Å². The Bertz CT molecular complexity index is 663. The van der Waals surface area contributed by atoms with E-state index in [1.54, 1.807) is 36.4 Å². The van der Waals surface area contributed by atoms with Crippen molar-refractivity contribution in [1.29, 1.82) is 0 Å². The van der Waals surface area contributed by atoms with Gasteiger partial charge in [-0.15, -0.1) is 0 Å². The van der Waals surface area contributed by atoms with Gasteiger partial charge in [-0.05, 0) is 24.3 Å². The maximum atomic E-state index is 11.4. The number of benzene rings is 2. The summed E-state index contributed by atoms with van der Waals surface area (Å²) in [5, 5.41) is 1.12. The highest BCUT2D eigenvalue weighted by Crippen LogP contribution is 2.31. The van der Waals surface area contributed by atoms with Gasteiger partial charge in [-0.25, -0.2) is 0 Å². The molecule has 0 saturated carbocycles. The van der Waals surface area contributed by atoms with Crippen molar-refractivity contribution in [2.45, 2.75) is 6.61 Å². The molecule has 1 aliphatic heterocycles. The lowest BCUT2D eigenvalue weighted by Crippen LogP contribution is -1.98. The fourth-order valence-electron chi connectivity index (χ4n) is 1.99. The first-order valence-electron chi connectivity index (χ1n) is 6.01. The van der Waals surface area contributed by atoms with Crippen molar-refractivity contribution in [3.8, 4) is 11.5 Å². The number of carbonyl (C=O) groups is 1. The van der Waals surface area contributed by atoms with Crippen LogP contribution in [0.3, 0.4) is 0 Å². The maximum Gasteiger partial charge on any atom is 0.203 e. The first-order chi connectivity index (χ1) is 9.65. The van der Waals surface area contributed by atoms with Crippen molar-refractivity contribution in [1.82, 2.24) is 0 Å². The van der Waals surface area contributed by atoms with Crippen molar-refractivity contribution in [3.63, 3.8) is 0 Å². The van der Waals surface area contributed by atoms with Crippen LogP contribution in [-0.2, 0) is 6.61 Å². The molecule has 0 bridgehead atoms. The van der Waals surface area contributed by atoms with Crippen molar-refractivity contribution in [2.24, 2.45) is 0 Å². The highest BCUT2D eigenvalue weighted by atomic mass is 35.5. The molecule has 2 aromatic carbocycles. The van der Waals surface area contributed by atoms with E-state index >= 15 is 0 Å². The molecule has 1 heterocycles. The van der Waals surface area contributed by atoms with Crippen LogP contribution < -0.4 is 9.47 Å². The predicted molar refractivity (Wildman–Crippen MR) is 77.1 cm³/mol. The van der Waals surface area contributed by atoms with E-state index in [4.69, 9.17) is 32.7 Å². The van der Waals surface area contributed by atoms with Crippen molar-refractivity contribution in [3.05, 3.63) is 57.6 Å². The summed E-state index contributed by atoms with van der Waals surface area (Å²) < 4.78 is 10.9. The second kappa shape index (κ2) is 5.35. The van der Waals surface area contributed by atoms with Gasteiger partial charge in [0.05, 0.1) is 5.56 Å². The van der Waals surface area contributed by atoms with Crippen LogP contribution in [0.4, 0.5) is 0 Å². The van der Waals surface area contributed by atoms with Gasteiger partial charge in [0.1, 0.15) is 18.1 Å². The zero-order valence-corrected chi connectivity index (χ0v) is 11.9. The Labute approximate surface area is 126 Å². The maximum absolute atomic E-state index is 11.4. The van der Waals surface area contributed by atoms with Gasteiger partial charge in [-0.3, -0.25) is 4.79 Å². The van der Waals surface area contributed by atoms with Crippen LogP contribution in [0.5, 0.6) is 11.5 Å². The number of rotatable bonds is 3. The van der Waals surface area contributed by atoms with Crippen LogP contribution in [0.2, 0.25) is 10.0 Å². The number of halogens is 2. The first kappa shape index (κ1) is 13.3. The van der Waals surface area contributed by atoms with Gasteiger partial charge in [0.2, 0.25) is 5.78 Å². The fraction of sp³-hybridized carbons (Fsp3) is 0.133. The Morgan fingerprint density at radius 1 is 1.15 bits per heavy atom. The van der Waals surface area contributed by atoms with E-state index in [0.717, 1.165) is 5.56 Å². The Hall–Kier alpha value is -1.71. The zero-order chi connectivity index (χ0) is 14.1. The van der Waals surface area contributed by atoms with Gasteiger partial charge in [0.25, 0.3) is 0 Å². The number of ether oxygens (including phenoxy) is 2. The van der Waals surface area contributed by atoms with E-state index in [2.05, 4.69) is 0 Å². The van der Waals surface area contributed by atoms with Crippen LogP contribution in [0.1, 0.15) is 15.9 Å². The molecular formula is C15H10Cl2O3. The standard InChI is InChI=1S/C15H10Cl2O3/c16-12-2-1-3-13(17)11(12)7-19-9-4-5-10-14(18)8-20-15(10)6-9/h1-6H,7-8H2. The van der Waals surface area contributed by atoms with E-state index in [0.29, 0.717) is 27.1 Å². The third-order valence-corrected chi connectivity index (χ3v) is 3.77. The molecule has 3 rings (SSSR count). The number of fused-ring (bicyclic) bond motifs is 1. The normalized spacial score (nSPS) is 13.0. The van der Waals surface area contributed by atoms with Gasteiger partial charge in [0, 0.05) is 21.7 Å². The van der Waals surface area contributed by atoms with Gasteiger partial charge >= 0.3 is 0 Å². The second-order valence-electron chi connectivity index (χ2n) is 4.36. The van der Waals surface area contributed by atoms with Crippen LogP contribution >= 0.6 is 23.2 Å². The molecule has 3 nitrogen and oxygen atoms in total. The van der Waals surface area contributed by atoms with Crippen LogP contribution in [-0.4, -0.2) is 12.4 Å². The molecule has 5 heteroatoms. The molecule has 0 amide bonds. The Morgan fingerprint density at radius 3 is 2.65 bits per heavy atom. The lowest BCUT2D eigenvalue weighted by Gasteiger charge is -2.10. The highest BCUT2D eigenvalue weighted by Gasteiger charge is 2.21. The lowest BCUT2D eigenvalue weighted by atomic mass is 10.1. The average molecular weight is 309 g/mol. The van der Waals surface area contributed by atoms with Crippen molar-refractivity contribution >= 4 is 29.0 Å². The van der Waals surface area contributed by atoms with Crippen LogP contribution in [0.15, 0.2) is 36.4 Å². The second-order valence-corrected chi connectivity index (χ2v) is 5.17. The minimum absolute atomic E-state index is 0.0132. The molecule has 2 aromatic rings. The molecule has 0 radical (unpaired) electrons. The van der Waals surface area contributed by atoms with Crippen LogP contribution in [0.25, 0.3) is 0 Å². The summed E-state index contributed by atoms with van der Waals surface area (Å²) in [7, 11) is 0. The molecule has 0 spiro atoms. The van der Waals surface area contributed by atoms with E-state index in [-0.39, 0.29) is 19.0 Å². The van der Waals surface area contributed by atoms with Crippen LogP contribution in [0, 0.1) is 0 Å². The molecule has 0 unspecified atom stereocenters. The van der Waals surface area contributed by atoms with Crippen molar-refractivity contribution < 1.29 is 14.3 Å². The number of hydrogen-bond donors (Lipinski definition) is 0. The molecule has 20 heavy (non-hydrogen) atoms. The van der Waals surface area contributed by atoms with E-state index in [1.165, 1.54) is 0 Å². The highest BCUT2D eigenvalue weighted by molar-refractivity contribution is 6.35. The predicted octanol–water partition coefficient (Wildman–Crippen LogP) is 4.15. The largest absolute Gasteiger partial charge is 0.489 e. The number of hydrogen-bond acceptors (Lipinski definition) is 3. The molecule has 102 valence electrons. The van der Waals surface area contributed by atoms with Crippen molar-refractivity contribution in [2.75, 3.05) is 6.61 Å². The number of Topliss-reactive ketones (excluding diaryl/α,β-unsaturated/α-hetero) is 1. The average Bonchev–Trinajstić information content (AvgIpc) is 2.79. The quantitative estimate of drug-likeness (QED) is 0.854. The molecule has 0 fully saturated rings. The van der Waals surface area contributed by atoms with Gasteiger partial charge < -0.3 is 9.47 Å². The molecule has 0 saturated heterocycles. The summed E-state index contributed by atoms with van der Waals surface area (Å²) in [5.74, 6) is 1.15. The lowest BCUT2D eigenvalue weighted by molar-refractivity contribution is 0.0961. The molecule has 0 N–H and O–H groups in total. The van der Waals surface area contributed by atoms with Gasteiger partial charge in [-0.1, -0.05) is 29.3 Å². The topological polar surface area (TPSA) is 35.5 Å². The summed E-state index contributed by atoms with van der Waals surface area (Å²) in [5.41, 5.74) is 1.32. The monoisotopic (exact) mass is 308 g/mol. The van der Waals surface area contributed by atoms with E-state index in [9.17, 15) is 4.79 Å². The summed E-state index contributed by atoms with van der Waals surface area (Å²) in [6, 6.07) is 10.4. The Balaban J connectivity index is 1.78. The third kappa shape index (κ3) is 2.47. The Kier molecular flexibility index (Phi) is 3.55. The fourth-order valence-corrected chi connectivity index (χ4v) is 2.50. The number of carbonyl (C=O) groups excluding carboxylic acids is 1. The molecule has 1 aliphatic rings. The van der Waals surface area contributed by atoms with E-state index < -0.39 is 0 Å². The number of ketones is 1.